The molecule has 1 saturated carbocycles. The van der Waals surface area contributed by atoms with E-state index in [-0.39, 0.29) is 9.84 Å². The van der Waals surface area contributed by atoms with Crippen molar-refractivity contribution >= 4 is 43.5 Å². The third-order valence-electron chi connectivity index (χ3n) is 2.23. The molecule has 4 heteroatoms. The predicted molar refractivity (Wildman–Crippen MR) is 54.6 cm³/mol. The van der Waals surface area contributed by atoms with Crippen LogP contribution in [-0.2, 0) is 0 Å². The van der Waals surface area contributed by atoms with E-state index in [0.29, 0.717) is 17.7 Å². The van der Waals surface area contributed by atoms with Crippen LogP contribution in [0, 0.1) is 11.8 Å². The van der Waals surface area contributed by atoms with Crippen molar-refractivity contribution in [3.63, 3.8) is 0 Å². The first-order chi connectivity index (χ1) is 5.14. The molecule has 1 nitrogen and oxygen atoms in total. The Labute approximate surface area is 88.8 Å². The maximum Gasteiger partial charge on any atom is 0.0869 e. The second-order valence-corrected chi connectivity index (χ2v) is 6.94. The molecular weight excluding hydrogens is 295 g/mol. The van der Waals surface area contributed by atoms with Crippen molar-refractivity contribution in [1.82, 2.24) is 0 Å². The van der Waals surface area contributed by atoms with Gasteiger partial charge in [-0.25, -0.2) is 0 Å². The molecule has 0 aromatic heterocycles. The van der Waals surface area contributed by atoms with E-state index in [4.69, 9.17) is 16.7 Å². The van der Waals surface area contributed by atoms with Crippen LogP contribution in [0.25, 0.3) is 0 Å². The minimum atomic E-state index is 0.0671. The lowest BCUT2D eigenvalue weighted by Crippen LogP contribution is -1.91. The molecule has 1 rings (SSSR count). The molecule has 1 fully saturated rings. The maximum atomic E-state index is 8.72. The minimum Gasteiger partial charge on any atom is -0.396 e. The van der Waals surface area contributed by atoms with Crippen molar-refractivity contribution in [2.24, 2.45) is 11.8 Å². The van der Waals surface area contributed by atoms with E-state index >= 15 is 0 Å². The lowest BCUT2D eigenvalue weighted by Gasteiger charge is -1.94. The molecule has 11 heavy (non-hydrogen) atoms. The lowest BCUT2D eigenvalue weighted by atomic mass is 10.2. The summed E-state index contributed by atoms with van der Waals surface area (Å²) in [6.45, 7) is 0.266. The van der Waals surface area contributed by atoms with Gasteiger partial charge >= 0.3 is 0 Å². The molecule has 1 aliphatic carbocycles. The average Bonchev–Trinajstić information content (AvgIpc) is 2.41. The highest BCUT2D eigenvalue weighted by Crippen LogP contribution is 2.64. The largest absolute Gasteiger partial charge is 0.396 e. The van der Waals surface area contributed by atoms with Gasteiger partial charge in [0.1, 0.15) is 0 Å². The van der Waals surface area contributed by atoms with Crippen LogP contribution in [0.5, 0.6) is 0 Å². The van der Waals surface area contributed by atoms with E-state index in [2.05, 4.69) is 31.9 Å². The van der Waals surface area contributed by atoms with Gasteiger partial charge in [0.2, 0.25) is 0 Å². The molecule has 1 N–H and O–H groups in total. The van der Waals surface area contributed by atoms with E-state index in [0.717, 1.165) is 12.8 Å². The first kappa shape index (κ1) is 10.3. The van der Waals surface area contributed by atoms with Crippen LogP contribution in [0.3, 0.4) is 0 Å². The second kappa shape index (κ2) is 3.95. The molecular formula is C7H11Br2ClO. The monoisotopic (exact) mass is 304 g/mol. The number of rotatable bonds is 4. The summed E-state index contributed by atoms with van der Waals surface area (Å²) in [5.74, 6) is 1.84. The Balaban J connectivity index is 2.34. The van der Waals surface area contributed by atoms with Gasteiger partial charge in [0.05, 0.1) is 3.23 Å². The summed E-state index contributed by atoms with van der Waals surface area (Å²) in [6, 6.07) is 0. The molecule has 0 unspecified atom stereocenters. The summed E-state index contributed by atoms with van der Waals surface area (Å²) in [7, 11) is 0. The predicted octanol–water partition coefficient (Wildman–Crippen LogP) is 2.73. The fraction of sp³-hybridized carbons (Fsp3) is 1.00. The Kier molecular flexibility index (Phi) is 3.69. The summed E-state index contributed by atoms with van der Waals surface area (Å²) in [5, 5.41) is 8.72. The fourth-order valence-electron chi connectivity index (χ4n) is 1.50. The van der Waals surface area contributed by atoms with Crippen molar-refractivity contribution in [2.45, 2.75) is 16.1 Å². The highest BCUT2D eigenvalue weighted by atomic mass is 79.9. The molecule has 2 atom stereocenters. The summed E-state index contributed by atoms with van der Waals surface area (Å²) >= 11 is 12.8. The smallest absolute Gasteiger partial charge is 0.0869 e. The maximum absolute atomic E-state index is 8.72. The van der Waals surface area contributed by atoms with Gasteiger partial charge in [-0.3, -0.25) is 0 Å². The van der Waals surface area contributed by atoms with Gasteiger partial charge < -0.3 is 5.11 Å². The highest BCUT2D eigenvalue weighted by Gasteiger charge is 2.60. The van der Waals surface area contributed by atoms with E-state index in [9.17, 15) is 0 Å². The average molecular weight is 306 g/mol. The zero-order chi connectivity index (χ0) is 8.48. The third kappa shape index (κ3) is 2.11. The standard InChI is InChI=1S/C7H11Br2ClO/c8-7(9)5(1-3-10)6(7)2-4-11/h5-6,11H,1-4H2/t5-,6+/m1/s1. The Morgan fingerprint density at radius 1 is 1.27 bits per heavy atom. The van der Waals surface area contributed by atoms with Gasteiger partial charge in [-0.05, 0) is 24.7 Å². The number of halogens is 3. The molecule has 0 saturated heterocycles. The number of hydrogen-bond acceptors (Lipinski definition) is 1. The van der Waals surface area contributed by atoms with E-state index in [1.165, 1.54) is 0 Å². The van der Waals surface area contributed by atoms with Gasteiger partial charge in [-0.2, -0.15) is 0 Å². The molecule has 66 valence electrons. The molecule has 0 aromatic rings. The van der Waals surface area contributed by atoms with Crippen LogP contribution in [-0.4, -0.2) is 20.8 Å². The van der Waals surface area contributed by atoms with Crippen molar-refractivity contribution in [3.05, 3.63) is 0 Å². The molecule has 0 aliphatic heterocycles. The first-order valence-corrected chi connectivity index (χ1v) is 5.81. The SMILES string of the molecule is OCC[C@H]1[C@@H](CCCl)C1(Br)Br. The molecule has 0 radical (unpaired) electrons. The van der Waals surface area contributed by atoms with Gasteiger partial charge in [-0.15, -0.1) is 11.6 Å². The third-order valence-corrected chi connectivity index (χ3v) is 4.80. The quantitative estimate of drug-likeness (QED) is 0.792. The number of alkyl halides is 3. The second-order valence-electron chi connectivity index (χ2n) is 2.88. The van der Waals surface area contributed by atoms with Crippen molar-refractivity contribution in [3.8, 4) is 0 Å². The van der Waals surface area contributed by atoms with Crippen molar-refractivity contribution in [2.75, 3.05) is 12.5 Å². The van der Waals surface area contributed by atoms with E-state index in [1.807, 2.05) is 0 Å². The van der Waals surface area contributed by atoms with Crippen molar-refractivity contribution in [1.29, 1.82) is 0 Å². The van der Waals surface area contributed by atoms with Crippen LogP contribution in [0.1, 0.15) is 12.8 Å². The molecule has 0 aromatic carbocycles. The molecule has 0 bridgehead atoms. The summed E-state index contributed by atoms with van der Waals surface area (Å²) in [5.41, 5.74) is 0. The van der Waals surface area contributed by atoms with Crippen molar-refractivity contribution < 1.29 is 5.11 Å². The van der Waals surface area contributed by atoms with Crippen LogP contribution in [0.4, 0.5) is 0 Å². The van der Waals surface area contributed by atoms with E-state index < -0.39 is 0 Å². The van der Waals surface area contributed by atoms with Gasteiger partial charge in [0.25, 0.3) is 0 Å². The Bertz CT molecular complexity index is 126. The van der Waals surface area contributed by atoms with Crippen LogP contribution >= 0.6 is 43.5 Å². The number of hydrogen-bond donors (Lipinski definition) is 1. The van der Waals surface area contributed by atoms with Crippen LogP contribution in [0.15, 0.2) is 0 Å². The molecule has 0 spiro atoms. The fourth-order valence-corrected chi connectivity index (χ4v) is 3.67. The summed E-state index contributed by atoms with van der Waals surface area (Å²) < 4.78 is 0.0671. The normalized spacial score (nSPS) is 33.8. The van der Waals surface area contributed by atoms with Gasteiger partial charge in [0, 0.05) is 12.5 Å². The number of aliphatic hydroxyl groups is 1. The topological polar surface area (TPSA) is 20.2 Å². The number of aliphatic hydroxyl groups excluding tert-OH is 1. The highest BCUT2D eigenvalue weighted by molar-refractivity contribution is 9.25. The Hall–Kier alpha value is 1.21. The molecule has 1 aliphatic rings. The zero-order valence-electron chi connectivity index (χ0n) is 6.06. The Morgan fingerprint density at radius 3 is 2.27 bits per heavy atom. The minimum absolute atomic E-state index is 0.0671. The lowest BCUT2D eigenvalue weighted by molar-refractivity contribution is 0.276. The summed E-state index contributed by atoms with van der Waals surface area (Å²) in [6.07, 6.45) is 1.88. The van der Waals surface area contributed by atoms with Crippen LogP contribution < -0.4 is 0 Å². The van der Waals surface area contributed by atoms with Gasteiger partial charge in [-0.1, -0.05) is 31.9 Å². The Morgan fingerprint density at radius 2 is 1.82 bits per heavy atom. The summed E-state index contributed by atoms with van der Waals surface area (Å²) in [4.78, 5) is 0. The molecule has 0 heterocycles. The molecule has 0 amide bonds. The van der Waals surface area contributed by atoms with E-state index in [1.54, 1.807) is 0 Å². The van der Waals surface area contributed by atoms with Gasteiger partial charge in [0.15, 0.2) is 0 Å². The van der Waals surface area contributed by atoms with Crippen LogP contribution in [0.2, 0.25) is 0 Å². The zero-order valence-corrected chi connectivity index (χ0v) is 9.99. The first-order valence-electron chi connectivity index (χ1n) is 3.69.